The van der Waals surface area contributed by atoms with Crippen LogP contribution in [0.5, 0.6) is 0 Å². The lowest BCUT2D eigenvalue weighted by atomic mass is 10.1. The molecule has 4 nitrogen and oxygen atoms in total. The maximum atomic E-state index is 12.6. The molecule has 136 valence electrons. The fourth-order valence-corrected chi connectivity index (χ4v) is 5.71. The molecular weight excluding hydrogens is 390 g/mol. The van der Waals surface area contributed by atoms with E-state index < -0.39 is 9.84 Å². The van der Waals surface area contributed by atoms with Gasteiger partial charge in [-0.1, -0.05) is 59.3 Å². The zero-order valence-corrected chi connectivity index (χ0v) is 16.8. The number of hydrogen-bond donors (Lipinski definition) is 0. The predicted molar refractivity (Wildman–Crippen MR) is 107 cm³/mol. The number of benzene rings is 2. The monoisotopic (exact) mass is 407 g/mol. The molecule has 1 unspecified atom stereocenters. The Morgan fingerprint density at radius 3 is 2.62 bits per heavy atom. The van der Waals surface area contributed by atoms with Crippen molar-refractivity contribution in [3.05, 3.63) is 64.2 Å². The van der Waals surface area contributed by atoms with E-state index in [1.165, 1.54) is 23.9 Å². The minimum Gasteiger partial charge on any atom is -0.271 e. The normalized spacial score (nSPS) is 17.4. The smallest absolute Gasteiger partial charge is 0.260 e. The van der Waals surface area contributed by atoms with Crippen molar-refractivity contribution in [1.29, 1.82) is 0 Å². The number of aryl methyl sites for hydroxylation is 2. The lowest BCUT2D eigenvalue weighted by Crippen LogP contribution is -2.15. The largest absolute Gasteiger partial charge is 0.271 e. The molecule has 1 atom stereocenters. The van der Waals surface area contributed by atoms with Gasteiger partial charge in [0.25, 0.3) is 5.91 Å². The van der Waals surface area contributed by atoms with Gasteiger partial charge in [0, 0.05) is 5.02 Å². The SMILES string of the molecule is Cc1cccc(CC2SC(CS(=O)(=O)c3ccc(C)c(Cl)c3)=NC2=O)c1. The van der Waals surface area contributed by atoms with Crippen LogP contribution in [0.2, 0.25) is 5.02 Å². The molecule has 0 saturated heterocycles. The Balaban J connectivity index is 1.72. The van der Waals surface area contributed by atoms with Crippen molar-refractivity contribution in [2.75, 3.05) is 5.75 Å². The van der Waals surface area contributed by atoms with Crippen LogP contribution in [0.4, 0.5) is 0 Å². The van der Waals surface area contributed by atoms with Crippen molar-refractivity contribution in [2.24, 2.45) is 4.99 Å². The quantitative estimate of drug-likeness (QED) is 0.751. The maximum absolute atomic E-state index is 12.6. The molecule has 1 heterocycles. The third-order valence-electron chi connectivity index (χ3n) is 4.11. The lowest BCUT2D eigenvalue weighted by Gasteiger charge is -2.09. The number of rotatable bonds is 5. The summed E-state index contributed by atoms with van der Waals surface area (Å²) in [5.41, 5.74) is 2.98. The predicted octanol–water partition coefficient (Wildman–Crippen LogP) is 4.01. The molecule has 0 fully saturated rings. The van der Waals surface area contributed by atoms with Crippen molar-refractivity contribution >= 4 is 44.2 Å². The molecule has 26 heavy (non-hydrogen) atoms. The molecule has 0 saturated carbocycles. The first-order chi connectivity index (χ1) is 12.2. The molecule has 0 bridgehead atoms. The summed E-state index contributed by atoms with van der Waals surface area (Å²) in [5, 5.41) is 0.369. The van der Waals surface area contributed by atoms with E-state index in [1.807, 2.05) is 38.1 Å². The van der Waals surface area contributed by atoms with E-state index in [0.29, 0.717) is 16.5 Å². The minimum absolute atomic E-state index is 0.144. The standard InChI is InChI=1S/C19H18ClNO3S2/c1-12-4-3-5-14(8-12)9-17-19(22)21-18(25-17)11-26(23,24)15-7-6-13(2)16(20)10-15/h3-8,10,17H,9,11H2,1-2H3. The van der Waals surface area contributed by atoms with Crippen molar-refractivity contribution < 1.29 is 13.2 Å². The fourth-order valence-electron chi connectivity index (χ4n) is 2.70. The summed E-state index contributed by atoms with van der Waals surface area (Å²) >= 11 is 7.27. The van der Waals surface area contributed by atoms with E-state index in [-0.39, 0.29) is 21.8 Å². The van der Waals surface area contributed by atoms with E-state index in [0.717, 1.165) is 16.7 Å². The van der Waals surface area contributed by atoms with Gasteiger partial charge in [-0.15, -0.1) is 0 Å². The molecule has 1 aliphatic rings. The molecule has 0 aliphatic carbocycles. The van der Waals surface area contributed by atoms with Gasteiger partial charge in [0.15, 0.2) is 9.84 Å². The number of thioether (sulfide) groups is 1. The highest BCUT2D eigenvalue weighted by Crippen LogP contribution is 2.29. The molecule has 0 aromatic heterocycles. The Morgan fingerprint density at radius 1 is 1.15 bits per heavy atom. The molecule has 2 aromatic carbocycles. The van der Waals surface area contributed by atoms with Gasteiger partial charge >= 0.3 is 0 Å². The Bertz CT molecular complexity index is 1000. The summed E-state index contributed by atoms with van der Waals surface area (Å²) in [6.07, 6.45) is 0.536. The van der Waals surface area contributed by atoms with Gasteiger partial charge in [0.1, 0.15) is 5.75 Å². The van der Waals surface area contributed by atoms with Crippen LogP contribution in [0.3, 0.4) is 0 Å². The number of amides is 1. The topological polar surface area (TPSA) is 63.6 Å². The van der Waals surface area contributed by atoms with Crippen LogP contribution in [0.1, 0.15) is 16.7 Å². The van der Waals surface area contributed by atoms with Gasteiger partial charge in [-0.25, -0.2) is 13.4 Å². The number of aliphatic imine (C=N–C) groups is 1. The van der Waals surface area contributed by atoms with Crippen LogP contribution in [-0.2, 0) is 21.1 Å². The van der Waals surface area contributed by atoms with Crippen LogP contribution in [0, 0.1) is 13.8 Å². The zero-order valence-electron chi connectivity index (χ0n) is 14.4. The van der Waals surface area contributed by atoms with Gasteiger partial charge in [-0.05, 0) is 43.5 Å². The van der Waals surface area contributed by atoms with Gasteiger partial charge in [-0.2, -0.15) is 0 Å². The second-order valence-corrected chi connectivity index (χ2v) is 9.99. The average molecular weight is 408 g/mol. The summed E-state index contributed by atoms with van der Waals surface area (Å²) in [5.74, 6) is -0.559. The lowest BCUT2D eigenvalue weighted by molar-refractivity contribution is -0.117. The van der Waals surface area contributed by atoms with Gasteiger partial charge in [-0.3, -0.25) is 4.79 Å². The highest BCUT2D eigenvalue weighted by molar-refractivity contribution is 8.17. The Hall–Kier alpha value is -1.63. The second-order valence-electron chi connectivity index (χ2n) is 6.31. The number of hydrogen-bond acceptors (Lipinski definition) is 4. The summed E-state index contributed by atoms with van der Waals surface area (Å²) in [6.45, 7) is 3.80. The van der Waals surface area contributed by atoms with E-state index in [4.69, 9.17) is 11.6 Å². The molecule has 1 aliphatic heterocycles. The van der Waals surface area contributed by atoms with Crippen molar-refractivity contribution in [3.8, 4) is 0 Å². The van der Waals surface area contributed by atoms with Crippen molar-refractivity contribution in [3.63, 3.8) is 0 Å². The average Bonchev–Trinajstić information content (AvgIpc) is 2.88. The third-order valence-corrected chi connectivity index (χ3v) is 7.48. The molecule has 0 spiro atoms. The highest BCUT2D eigenvalue weighted by atomic mass is 35.5. The third kappa shape index (κ3) is 4.37. The fraction of sp³-hybridized carbons (Fsp3) is 0.263. The van der Waals surface area contributed by atoms with E-state index in [1.54, 1.807) is 6.07 Å². The summed E-state index contributed by atoms with van der Waals surface area (Å²) in [6, 6.07) is 12.6. The summed E-state index contributed by atoms with van der Waals surface area (Å²) < 4.78 is 25.2. The number of carbonyl (C=O) groups is 1. The minimum atomic E-state index is -3.60. The first-order valence-electron chi connectivity index (χ1n) is 8.07. The van der Waals surface area contributed by atoms with Crippen LogP contribution in [-0.4, -0.2) is 30.4 Å². The molecule has 3 rings (SSSR count). The zero-order chi connectivity index (χ0) is 18.9. The maximum Gasteiger partial charge on any atom is 0.260 e. The van der Waals surface area contributed by atoms with Crippen LogP contribution in [0.15, 0.2) is 52.4 Å². The molecule has 0 N–H and O–H groups in total. The number of sulfone groups is 1. The summed E-state index contributed by atoms with van der Waals surface area (Å²) in [7, 11) is -3.60. The first kappa shape index (κ1) is 19.1. The number of carbonyl (C=O) groups excluding carboxylic acids is 1. The Morgan fingerprint density at radius 2 is 1.92 bits per heavy atom. The second kappa shape index (κ2) is 7.55. The molecule has 7 heteroatoms. The van der Waals surface area contributed by atoms with Crippen molar-refractivity contribution in [1.82, 2.24) is 0 Å². The Labute approximate surface area is 162 Å². The van der Waals surface area contributed by atoms with Crippen LogP contribution < -0.4 is 0 Å². The summed E-state index contributed by atoms with van der Waals surface area (Å²) in [4.78, 5) is 16.3. The van der Waals surface area contributed by atoms with Crippen LogP contribution >= 0.6 is 23.4 Å². The van der Waals surface area contributed by atoms with Gasteiger partial charge < -0.3 is 0 Å². The number of halogens is 1. The van der Waals surface area contributed by atoms with Crippen molar-refractivity contribution in [2.45, 2.75) is 30.4 Å². The van der Waals surface area contributed by atoms with Crippen LogP contribution in [0.25, 0.3) is 0 Å². The number of nitrogens with zero attached hydrogens (tertiary/aromatic N) is 1. The molecule has 2 aromatic rings. The molecule has 0 radical (unpaired) electrons. The van der Waals surface area contributed by atoms with E-state index in [2.05, 4.69) is 4.99 Å². The van der Waals surface area contributed by atoms with E-state index in [9.17, 15) is 13.2 Å². The van der Waals surface area contributed by atoms with Gasteiger partial charge in [0.2, 0.25) is 0 Å². The highest BCUT2D eigenvalue weighted by Gasteiger charge is 2.31. The molecule has 1 amide bonds. The molecular formula is C19H18ClNO3S2. The van der Waals surface area contributed by atoms with E-state index >= 15 is 0 Å². The Kier molecular flexibility index (Phi) is 5.55. The van der Waals surface area contributed by atoms with Gasteiger partial charge in [0.05, 0.1) is 15.2 Å². The first-order valence-corrected chi connectivity index (χ1v) is 11.0.